The lowest BCUT2D eigenvalue weighted by molar-refractivity contribution is -0.126. The first kappa shape index (κ1) is 18.6. The van der Waals surface area contributed by atoms with Gasteiger partial charge in [0.25, 0.3) is 5.91 Å². The van der Waals surface area contributed by atoms with E-state index in [1.54, 1.807) is 18.2 Å². The summed E-state index contributed by atoms with van der Waals surface area (Å²) in [6.07, 6.45) is 0.634. The number of hydrogen-bond donors (Lipinski definition) is 1. The number of para-hydroxylation sites is 2. The lowest BCUT2D eigenvalue weighted by Gasteiger charge is -2.38. The zero-order valence-corrected chi connectivity index (χ0v) is 16.5. The highest BCUT2D eigenvalue weighted by molar-refractivity contribution is 6.32. The van der Waals surface area contributed by atoms with Crippen molar-refractivity contribution >= 4 is 29.1 Å². The Kier molecular flexibility index (Phi) is 4.67. The van der Waals surface area contributed by atoms with Crippen LogP contribution in [0.4, 0.5) is 5.69 Å². The maximum Gasteiger partial charge on any atom is 0.265 e. The first-order valence-electron chi connectivity index (χ1n) is 9.13. The van der Waals surface area contributed by atoms with Crippen LogP contribution in [0.3, 0.4) is 0 Å². The third kappa shape index (κ3) is 3.52. The molecule has 4 rings (SSSR count). The number of rotatable bonds is 3. The molecular weight excluding hydrogens is 380 g/mol. The highest BCUT2D eigenvalue weighted by Gasteiger charge is 2.35. The Hall–Kier alpha value is -2.73. The maximum atomic E-state index is 12.8. The molecule has 2 aliphatic rings. The van der Waals surface area contributed by atoms with Crippen LogP contribution in [0.15, 0.2) is 42.5 Å². The summed E-state index contributed by atoms with van der Waals surface area (Å²) in [4.78, 5) is 26.6. The van der Waals surface area contributed by atoms with E-state index in [0.29, 0.717) is 22.9 Å². The minimum atomic E-state index is -0.402. The molecule has 2 aliphatic heterocycles. The normalized spacial score (nSPS) is 19.8. The monoisotopic (exact) mass is 400 g/mol. The fraction of sp³-hybridized carbons (Fsp3) is 0.333. The van der Waals surface area contributed by atoms with Gasteiger partial charge in [-0.2, -0.15) is 0 Å². The van der Waals surface area contributed by atoms with Gasteiger partial charge < -0.3 is 14.8 Å². The number of nitrogens with one attached hydrogen (secondary N) is 1. The Balaban J connectivity index is 1.54. The van der Waals surface area contributed by atoms with Crippen molar-refractivity contribution in [3.63, 3.8) is 0 Å². The number of halogens is 1. The largest absolute Gasteiger partial charge is 0.487 e. The quantitative estimate of drug-likeness (QED) is 0.856. The predicted octanol–water partition coefficient (Wildman–Crippen LogP) is 3.48. The predicted molar refractivity (Wildman–Crippen MR) is 106 cm³/mol. The van der Waals surface area contributed by atoms with Crippen molar-refractivity contribution in [3.8, 4) is 11.5 Å². The average Bonchev–Trinajstić information content (AvgIpc) is 2.63. The molecule has 7 heteroatoms. The Bertz CT molecular complexity index is 944. The van der Waals surface area contributed by atoms with Crippen molar-refractivity contribution in [2.45, 2.75) is 31.9 Å². The SMILES string of the molecule is CC1(C)CC(NC(=O)CN2C(=O)COc3c(Cl)cccc32)c2ccccc2O1. The van der Waals surface area contributed by atoms with E-state index in [0.717, 1.165) is 11.3 Å². The molecule has 1 N–H and O–H groups in total. The fourth-order valence-electron chi connectivity index (χ4n) is 3.69. The van der Waals surface area contributed by atoms with Crippen LogP contribution in [-0.2, 0) is 9.59 Å². The summed E-state index contributed by atoms with van der Waals surface area (Å²) in [5.41, 5.74) is 1.04. The Morgan fingerprint density at radius 2 is 2.04 bits per heavy atom. The summed E-state index contributed by atoms with van der Waals surface area (Å²) in [6.45, 7) is 3.74. The second-order valence-corrected chi connectivity index (χ2v) is 7.99. The van der Waals surface area contributed by atoms with Gasteiger partial charge in [-0.15, -0.1) is 0 Å². The number of carbonyl (C=O) groups excluding carboxylic acids is 2. The van der Waals surface area contributed by atoms with Crippen LogP contribution >= 0.6 is 11.6 Å². The van der Waals surface area contributed by atoms with Crippen molar-refractivity contribution in [2.24, 2.45) is 0 Å². The highest BCUT2D eigenvalue weighted by Crippen LogP contribution is 2.40. The van der Waals surface area contributed by atoms with Gasteiger partial charge in [-0.25, -0.2) is 0 Å². The molecule has 2 aromatic carbocycles. The molecule has 146 valence electrons. The second-order valence-electron chi connectivity index (χ2n) is 7.58. The molecule has 0 saturated carbocycles. The molecule has 0 bridgehead atoms. The van der Waals surface area contributed by atoms with Crippen LogP contribution in [0.25, 0.3) is 0 Å². The van der Waals surface area contributed by atoms with Gasteiger partial charge in [-0.05, 0) is 32.0 Å². The second kappa shape index (κ2) is 7.02. The maximum absolute atomic E-state index is 12.8. The molecule has 0 spiro atoms. The van der Waals surface area contributed by atoms with E-state index in [1.807, 2.05) is 38.1 Å². The zero-order valence-electron chi connectivity index (χ0n) is 15.7. The molecule has 2 amide bonds. The number of amides is 2. The van der Waals surface area contributed by atoms with E-state index in [9.17, 15) is 9.59 Å². The lowest BCUT2D eigenvalue weighted by Crippen LogP contribution is -2.47. The van der Waals surface area contributed by atoms with Gasteiger partial charge in [0.15, 0.2) is 12.4 Å². The molecule has 0 fully saturated rings. The van der Waals surface area contributed by atoms with E-state index < -0.39 is 5.60 Å². The minimum Gasteiger partial charge on any atom is -0.487 e. The molecule has 2 aromatic rings. The third-order valence-electron chi connectivity index (χ3n) is 4.89. The van der Waals surface area contributed by atoms with Gasteiger partial charge in [-0.1, -0.05) is 35.9 Å². The van der Waals surface area contributed by atoms with Crippen LogP contribution in [0.5, 0.6) is 11.5 Å². The summed E-state index contributed by atoms with van der Waals surface area (Å²) in [6, 6.07) is 12.6. The molecule has 1 atom stereocenters. The molecule has 6 nitrogen and oxygen atoms in total. The number of benzene rings is 2. The smallest absolute Gasteiger partial charge is 0.265 e. The fourth-order valence-corrected chi connectivity index (χ4v) is 3.91. The van der Waals surface area contributed by atoms with E-state index >= 15 is 0 Å². The molecule has 1 unspecified atom stereocenters. The van der Waals surface area contributed by atoms with E-state index in [4.69, 9.17) is 21.1 Å². The molecule has 0 saturated heterocycles. The molecule has 0 aliphatic carbocycles. The van der Waals surface area contributed by atoms with Crippen molar-refractivity contribution in [1.82, 2.24) is 5.32 Å². The standard InChI is InChI=1S/C21H21ClN2O4/c1-21(2)10-15(13-6-3-4-9-17(13)28-21)23-18(25)11-24-16-8-5-7-14(22)20(16)27-12-19(24)26/h3-9,15H,10-12H2,1-2H3,(H,23,25). The number of nitrogens with zero attached hydrogens (tertiary/aromatic N) is 1. The first-order valence-corrected chi connectivity index (χ1v) is 9.51. The summed E-state index contributed by atoms with van der Waals surface area (Å²) in [7, 11) is 0. The number of hydrogen-bond acceptors (Lipinski definition) is 4. The molecule has 2 heterocycles. The van der Waals surface area contributed by atoms with Crippen LogP contribution in [0.2, 0.25) is 5.02 Å². The van der Waals surface area contributed by atoms with Gasteiger partial charge >= 0.3 is 0 Å². The van der Waals surface area contributed by atoms with Crippen molar-refractivity contribution in [2.75, 3.05) is 18.1 Å². The lowest BCUT2D eigenvalue weighted by atomic mass is 9.89. The Morgan fingerprint density at radius 3 is 2.86 bits per heavy atom. The zero-order chi connectivity index (χ0) is 19.9. The van der Waals surface area contributed by atoms with Crippen LogP contribution in [-0.4, -0.2) is 30.6 Å². The van der Waals surface area contributed by atoms with Crippen LogP contribution < -0.4 is 19.7 Å². The molecule has 0 aromatic heterocycles. The average molecular weight is 401 g/mol. The van der Waals surface area contributed by atoms with Crippen molar-refractivity contribution in [3.05, 3.63) is 53.1 Å². The first-order chi connectivity index (χ1) is 13.3. The van der Waals surface area contributed by atoms with E-state index in [2.05, 4.69) is 5.32 Å². The van der Waals surface area contributed by atoms with Crippen molar-refractivity contribution in [1.29, 1.82) is 0 Å². The van der Waals surface area contributed by atoms with Crippen LogP contribution in [0, 0.1) is 0 Å². The van der Waals surface area contributed by atoms with Crippen molar-refractivity contribution < 1.29 is 19.1 Å². The molecule has 28 heavy (non-hydrogen) atoms. The minimum absolute atomic E-state index is 0.102. The third-order valence-corrected chi connectivity index (χ3v) is 5.19. The van der Waals surface area contributed by atoms with Crippen LogP contribution in [0.1, 0.15) is 31.9 Å². The van der Waals surface area contributed by atoms with E-state index in [-0.39, 0.29) is 31.0 Å². The number of carbonyl (C=O) groups is 2. The summed E-state index contributed by atoms with van der Waals surface area (Å²) < 4.78 is 11.4. The summed E-state index contributed by atoms with van der Waals surface area (Å²) in [5.74, 6) is 0.661. The summed E-state index contributed by atoms with van der Waals surface area (Å²) in [5, 5.41) is 3.47. The van der Waals surface area contributed by atoms with Gasteiger partial charge in [0.1, 0.15) is 17.9 Å². The summed E-state index contributed by atoms with van der Waals surface area (Å²) >= 11 is 6.16. The van der Waals surface area contributed by atoms with Gasteiger partial charge in [0, 0.05) is 12.0 Å². The number of ether oxygens (including phenoxy) is 2. The highest BCUT2D eigenvalue weighted by atomic mass is 35.5. The Labute approximate surface area is 168 Å². The van der Waals surface area contributed by atoms with Gasteiger partial charge in [0.05, 0.1) is 16.8 Å². The molecule has 0 radical (unpaired) electrons. The molecular formula is C21H21ClN2O4. The number of anilines is 1. The van der Waals surface area contributed by atoms with Gasteiger partial charge in [-0.3, -0.25) is 14.5 Å². The van der Waals surface area contributed by atoms with Gasteiger partial charge in [0.2, 0.25) is 5.91 Å². The number of fused-ring (bicyclic) bond motifs is 2. The Morgan fingerprint density at radius 1 is 1.25 bits per heavy atom. The topological polar surface area (TPSA) is 67.9 Å². The van der Waals surface area contributed by atoms with E-state index in [1.165, 1.54) is 4.90 Å².